The van der Waals surface area contributed by atoms with Crippen molar-refractivity contribution in [2.24, 2.45) is 5.92 Å². The summed E-state index contributed by atoms with van der Waals surface area (Å²) in [5.74, 6) is -0.262. The zero-order valence-corrected chi connectivity index (χ0v) is 16.8. The molecule has 2 atom stereocenters. The molecule has 2 fully saturated rings. The first-order chi connectivity index (χ1) is 11.5. The first-order valence-corrected chi connectivity index (χ1v) is 10.8. The Kier molecular flexibility index (Phi) is 7.28. The van der Waals surface area contributed by atoms with Crippen molar-refractivity contribution < 1.29 is 13.2 Å². The monoisotopic (exact) mass is 407 g/mol. The SMILES string of the molecule is Cc1ccc(S(=O)(=O)N2CCCC(C(=O)N[C@H]3CCCNC3)C2)s1.Cl. The third-order valence-electron chi connectivity index (χ3n) is 4.71. The lowest BCUT2D eigenvalue weighted by molar-refractivity contribution is -0.126. The van der Waals surface area contributed by atoms with Gasteiger partial charge in [-0.1, -0.05) is 0 Å². The standard InChI is InChI=1S/C16H25N3O3S2.ClH/c1-12-6-7-15(23-12)24(21,22)19-9-3-4-13(11-19)16(20)18-14-5-2-8-17-10-14;/h6-7,13-14,17H,2-5,8-11H2,1H3,(H,18,20);1H/t13?,14-;/m0./s1. The van der Waals surface area contributed by atoms with Gasteiger partial charge < -0.3 is 10.6 Å². The average Bonchev–Trinajstić information content (AvgIpc) is 3.03. The Labute approximate surface area is 159 Å². The lowest BCUT2D eigenvalue weighted by Crippen LogP contribution is -2.51. The van der Waals surface area contributed by atoms with Crippen LogP contribution in [0.1, 0.15) is 30.6 Å². The summed E-state index contributed by atoms with van der Waals surface area (Å²) in [6, 6.07) is 3.65. The van der Waals surface area contributed by atoms with E-state index in [1.165, 1.54) is 15.6 Å². The molecular formula is C16H26ClN3O3S2. The van der Waals surface area contributed by atoms with Gasteiger partial charge in [-0.15, -0.1) is 23.7 Å². The molecule has 0 aromatic carbocycles. The molecule has 142 valence electrons. The lowest BCUT2D eigenvalue weighted by Gasteiger charge is -2.32. The van der Waals surface area contributed by atoms with Crippen molar-refractivity contribution in [3.8, 4) is 0 Å². The molecule has 3 heterocycles. The number of nitrogens with one attached hydrogen (secondary N) is 2. The van der Waals surface area contributed by atoms with E-state index < -0.39 is 10.0 Å². The number of hydrogen-bond donors (Lipinski definition) is 2. The summed E-state index contributed by atoms with van der Waals surface area (Å²) in [5, 5.41) is 6.36. The molecule has 0 radical (unpaired) electrons. The summed E-state index contributed by atoms with van der Waals surface area (Å²) in [4.78, 5) is 13.5. The summed E-state index contributed by atoms with van der Waals surface area (Å²) in [6.45, 7) is 4.48. The number of hydrogen-bond acceptors (Lipinski definition) is 5. The molecule has 2 aliphatic heterocycles. The topological polar surface area (TPSA) is 78.5 Å². The molecular weight excluding hydrogens is 382 g/mol. The predicted molar refractivity (Wildman–Crippen MR) is 102 cm³/mol. The van der Waals surface area contributed by atoms with Gasteiger partial charge in [0.05, 0.1) is 5.92 Å². The van der Waals surface area contributed by atoms with Crippen LogP contribution in [0.2, 0.25) is 0 Å². The van der Waals surface area contributed by atoms with Crippen LogP contribution in [0.4, 0.5) is 0 Å². The van der Waals surface area contributed by atoms with Crippen LogP contribution in [0.25, 0.3) is 0 Å². The van der Waals surface area contributed by atoms with E-state index in [2.05, 4.69) is 10.6 Å². The Morgan fingerprint density at radius 1 is 1.32 bits per heavy atom. The van der Waals surface area contributed by atoms with Gasteiger partial charge in [0.2, 0.25) is 5.91 Å². The molecule has 1 amide bonds. The van der Waals surface area contributed by atoms with Crippen LogP contribution in [-0.4, -0.2) is 50.9 Å². The molecule has 0 aliphatic carbocycles. The van der Waals surface area contributed by atoms with E-state index >= 15 is 0 Å². The summed E-state index contributed by atoms with van der Waals surface area (Å²) in [6.07, 6.45) is 3.53. The van der Waals surface area contributed by atoms with Gasteiger partial charge in [0.25, 0.3) is 10.0 Å². The second kappa shape index (κ2) is 8.81. The normalized spacial score (nSPS) is 25.2. The smallest absolute Gasteiger partial charge is 0.252 e. The van der Waals surface area contributed by atoms with Crippen molar-refractivity contribution in [2.75, 3.05) is 26.2 Å². The van der Waals surface area contributed by atoms with Gasteiger partial charge in [0, 0.05) is 30.6 Å². The summed E-state index contributed by atoms with van der Waals surface area (Å²) < 4.78 is 27.4. The van der Waals surface area contributed by atoms with Crippen LogP contribution in [-0.2, 0) is 14.8 Å². The van der Waals surface area contributed by atoms with E-state index in [4.69, 9.17) is 0 Å². The molecule has 9 heteroatoms. The third kappa shape index (κ3) is 4.95. The van der Waals surface area contributed by atoms with Crippen LogP contribution in [0.5, 0.6) is 0 Å². The van der Waals surface area contributed by atoms with Crippen molar-refractivity contribution in [3.05, 3.63) is 17.0 Å². The van der Waals surface area contributed by atoms with Gasteiger partial charge in [-0.25, -0.2) is 8.42 Å². The molecule has 1 unspecified atom stereocenters. The minimum atomic E-state index is -3.48. The van der Waals surface area contributed by atoms with E-state index in [0.717, 1.165) is 43.6 Å². The Morgan fingerprint density at radius 2 is 2.12 bits per heavy atom. The van der Waals surface area contributed by atoms with Crippen LogP contribution in [0, 0.1) is 12.8 Å². The first-order valence-electron chi connectivity index (χ1n) is 8.54. The number of carbonyl (C=O) groups is 1. The molecule has 6 nitrogen and oxygen atoms in total. The fourth-order valence-corrected chi connectivity index (χ4v) is 6.31. The lowest BCUT2D eigenvalue weighted by atomic mass is 9.97. The number of carbonyl (C=O) groups excluding carboxylic acids is 1. The maximum absolute atomic E-state index is 12.8. The Morgan fingerprint density at radius 3 is 2.76 bits per heavy atom. The highest BCUT2D eigenvalue weighted by atomic mass is 35.5. The highest BCUT2D eigenvalue weighted by Crippen LogP contribution is 2.28. The van der Waals surface area contributed by atoms with Crippen molar-refractivity contribution in [1.82, 2.24) is 14.9 Å². The number of piperidine rings is 2. The number of thiophene rings is 1. The summed E-state index contributed by atoms with van der Waals surface area (Å²) in [7, 11) is -3.48. The quantitative estimate of drug-likeness (QED) is 0.796. The zero-order chi connectivity index (χ0) is 17.2. The number of halogens is 1. The second-order valence-corrected chi connectivity index (χ2v) is 10.1. The second-order valence-electron chi connectivity index (χ2n) is 6.62. The number of rotatable bonds is 4. The minimum absolute atomic E-state index is 0. The first kappa shape index (κ1) is 20.6. The maximum atomic E-state index is 12.8. The average molecular weight is 408 g/mol. The van der Waals surface area contributed by atoms with Crippen molar-refractivity contribution >= 4 is 39.7 Å². The van der Waals surface area contributed by atoms with Gasteiger partial charge in [-0.3, -0.25) is 4.79 Å². The summed E-state index contributed by atoms with van der Waals surface area (Å²) >= 11 is 1.29. The van der Waals surface area contributed by atoms with Gasteiger partial charge in [-0.05, 0) is 51.3 Å². The van der Waals surface area contributed by atoms with Crippen molar-refractivity contribution in [3.63, 3.8) is 0 Å². The molecule has 25 heavy (non-hydrogen) atoms. The number of sulfonamides is 1. The van der Waals surface area contributed by atoms with Crippen molar-refractivity contribution in [2.45, 2.75) is 42.9 Å². The highest BCUT2D eigenvalue weighted by Gasteiger charge is 2.34. The largest absolute Gasteiger partial charge is 0.352 e. The van der Waals surface area contributed by atoms with Crippen LogP contribution < -0.4 is 10.6 Å². The van der Waals surface area contributed by atoms with E-state index in [1.54, 1.807) is 6.07 Å². The fraction of sp³-hybridized carbons (Fsp3) is 0.688. The van der Waals surface area contributed by atoms with Crippen molar-refractivity contribution in [1.29, 1.82) is 0 Å². The van der Waals surface area contributed by atoms with Crippen LogP contribution >= 0.6 is 23.7 Å². The Bertz CT molecular complexity index is 687. The number of amides is 1. The molecule has 1 aromatic rings. The molecule has 2 N–H and O–H groups in total. The molecule has 3 rings (SSSR count). The van der Waals surface area contributed by atoms with Gasteiger partial charge in [0.1, 0.15) is 4.21 Å². The molecule has 0 spiro atoms. The predicted octanol–water partition coefficient (Wildman–Crippen LogP) is 1.75. The summed E-state index contributed by atoms with van der Waals surface area (Å²) in [5.41, 5.74) is 0. The maximum Gasteiger partial charge on any atom is 0.252 e. The Hall–Kier alpha value is -0.670. The fourth-order valence-electron chi connectivity index (χ4n) is 3.35. The third-order valence-corrected chi connectivity index (χ3v) is 8.04. The molecule has 0 saturated carbocycles. The van der Waals surface area contributed by atoms with E-state index in [-0.39, 0.29) is 36.8 Å². The van der Waals surface area contributed by atoms with Crippen LogP contribution in [0.15, 0.2) is 16.3 Å². The highest BCUT2D eigenvalue weighted by molar-refractivity contribution is 7.91. The minimum Gasteiger partial charge on any atom is -0.352 e. The van der Waals surface area contributed by atoms with Gasteiger partial charge >= 0.3 is 0 Å². The number of nitrogens with zero attached hydrogens (tertiary/aromatic N) is 1. The van der Waals surface area contributed by atoms with E-state index in [0.29, 0.717) is 10.8 Å². The van der Waals surface area contributed by atoms with E-state index in [1.807, 2.05) is 13.0 Å². The molecule has 0 bridgehead atoms. The molecule has 2 saturated heterocycles. The zero-order valence-electron chi connectivity index (χ0n) is 14.4. The Balaban J connectivity index is 0.00000225. The van der Waals surface area contributed by atoms with Gasteiger partial charge in [-0.2, -0.15) is 4.31 Å². The molecule has 1 aromatic heterocycles. The van der Waals surface area contributed by atoms with Gasteiger partial charge in [0.15, 0.2) is 0 Å². The molecule has 2 aliphatic rings. The number of aryl methyl sites for hydroxylation is 1. The van der Waals surface area contributed by atoms with E-state index in [9.17, 15) is 13.2 Å². The van der Waals surface area contributed by atoms with Crippen LogP contribution in [0.3, 0.4) is 0 Å².